The molecule has 32 heavy (non-hydrogen) atoms. The second-order valence-corrected chi connectivity index (χ2v) is 10.2. The highest BCUT2D eigenvalue weighted by Crippen LogP contribution is 2.16. The van der Waals surface area contributed by atoms with Gasteiger partial charge in [-0.2, -0.15) is 0 Å². The number of rotatable bonds is 27. The van der Waals surface area contributed by atoms with Crippen molar-refractivity contribution in [3.63, 3.8) is 0 Å². The van der Waals surface area contributed by atoms with E-state index >= 15 is 0 Å². The maximum Gasteiger partial charge on any atom is 0.145 e. The van der Waals surface area contributed by atoms with Gasteiger partial charge in [-0.1, -0.05) is 168 Å². The lowest BCUT2D eigenvalue weighted by Gasteiger charge is -2.04. The van der Waals surface area contributed by atoms with E-state index in [0.29, 0.717) is 0 Å². The van der Waals surface area contributed by atoms with Gasteiger partial charge in [0.15, 0.2) is 0 Å². The van der Waals surface area contributed by atoms with Crippen LogP contribution in [0.3, 0.4) is 0 Å². The van der Waals surface area contributed by atoms with Crippen molar-refractivity contribution in [2.45, 2.75) is 181 Å². The fourth-order valence-electron chi connectivity index (χ4n) is 4.67. The number of hydrogen-bond acceptors (Lipinski definition) is 1. The van der Waals surface area contributed by atoms with E-state index in [9.17, 15) is 4.79 Å². The summed E-state index contributed by atoms with van der Waals surface area (Å²) < 4.78 is 0. The van der Waals surface area contributed by atoms with Crippen LogP contribution in [0.1, 0.15) is 181 Å². The fraction of sp³-hybridized carbons (Fsp3) is 0.903. The quantitative estimate of drug-likeness (QED) is 0.0693. The highest BCUT2D eigenvalue weighted by Gasteiger charge is 1.96. The van der Waals surface area contributed by atoms with E-state index in [1.165, 1.54) is 154 Å². The van der Waals surface area contributed by atoms with Gasteiger partial charge < -0.3 is 0 Å². The van der Waals surface area contributed by atoms with Gasteiger partial charge in [-0.05, 0) is 24.8 Å². The molecule has 0 fully saturated rings. The summed E-state index contributed by atoms with van der Waals surface area (Å²) in [6.07, 6.45) is 39.6. The Hall–Kier alpha value is -0.590. The minimum absolute atomic E-state index is 0.878. The van der Waals surface area contributed by atoms with Gasteiger partial charge in [0.1, 0.15) is 6.29 Å². The topological polar surface area (TPSA) is 17.1 Å². The molecule has 0 aromatic heterocycles. The van der Waals surface area contributed by atoms with Crippen molar-refractivity contribution in [1.82, 2.24) is 0 Å². The molecule has 0 heterocycles. The first-order valence-corrected chi connectivity index (χ1v) is 15.0. The van der Waals surface area contributed by atoms with Crippen LogP contribution in [0.2, 0.25) is 0 Å². The van der Waals surface area contributed by atoms with E-state index in [2.05, 4.69) is 19.9 Å². The average Bonchev–Trinajstić information content (AvgIpc) is 2.81. The van der Waals surface area contributed by atoms with Crippen molar-refractivity contribution in [3.8, 4) is 0 Å². The number of allylic oxidation sites excluding steroid dienone is 2. The molecular weight excluding hydrogens is 388 g/mol. The third kappa shape index (κ3) is 25.7. The van der Waals surface area contributed by atoms with Crippen molar-refractivity contribution < 1.29 is 4.79 Å². The van der Waals surface area contributed by atoms with Crippen molar-refractivity contribution in [2.24, 2.45) is 0 Å². The molecule has 1 heteroatoms. The Morgan fingerprint density at radius 3 is 0.969 bits per heavy atom. The maximum absolute atomic E-state index is 10.7. The zero-order chi connectivity index (χ0) is 23.4. The van der Waals surface area contributed by atoms with Crippen LogP contribution < -0.4 is 0 Å². The summed E-state index contributed by atoms with van der Waals surface area (Å²) in [5.41, 5.74) is 0.971. The third-order valence-electron chi connectivity index (χ3n) is 7.02. The molecule has 0 aliphatic heterocycles. The molecule has 0 amide bonds. The molecule has 0 saturated heterocycles. The summed E-state index contributed by atoms with van der Waals surface area (Å²) in [6.45, 7) is 4.35. The van der Waals surface area contributed by atoms with Gasteiger partial charge in [-0.25, -0.2) is 0 Å². The minimum Gasteiger partial charge on any atom is -0.298 e. The molecule has 0 bridgehead atoms. The summed E-state index contributed by atoms with van der Waals surface area (Å²) in [4.78, 5) is 10.7. The lowest BCUT2D eigenvalue weighted by atomic mass is 10.0. The van der Waals surface area contributed by atoms with E-state index in [-0.39, 0.29) is 0 Å². The van der Waals surface area contributed by atoms with Crippen LogP contribution in [-0.4, -0.2) is 6.29 Å². The molecule has 1 nitrogen and oxygen atoms in total. The summed E-state index contributed by atoms with van der Waals surface area (Å²) >= 11 is 0. The van der Waals surface area contributed by atoms with Gasteiger partial charge in [0.25, 0.3) is 0 Å². The Labute approximate surface area is 203 Å². The van der Waals surface area contributed by atoms with Crippen molar-refractivity contribution in [2.75, 3.05) is 0 Å². The number of hydrogen-bond donors (Lipinski definition) is 0. The molecular formula is C31H60O. The largest absolute Gasteiger partial charge is 0.298 e. The first kappa shape index (κ1) is 31.4. The molecule has 0 N–H and O–H groups in total. The average molecular weight is 449 g/mol. The molecule has 0 rings (SSSR count). The van der Waals surface area contributed by atoms with Crippen LogP contribution in [0.25, 0.3) is 0 Å². The van der Waals surface area contributed by atoms with Gasteiger partial charge in [-0.3, -0.25) is 4.79 Å². The predicted octanol–water partition coefficient (Wildman–Crippen LogP) is 11.3. The lowest BCUT2D eigenvalue weighted by Crippen LogP contribution is -1.85. The van der Waals surface area contributed by atoms with Crippen LogP contribution in [0, 0.1) is 0 Å². The van der Waals surface area contributed by atoms with Crippen molar-refractivity contribution >= 4 is 6.29 Å². The van der Waals surface area contributed by atoms with Gasteiger partial charge in [-0.15, -0.1) is 0 Å². The van der Waals surface area contributed by atoms with Crippen LogP contribution >= 0.6 is 0 Å². The Kier molecular flexibility index (Phi) is 27.9. The monoisotopic (exact) mass is 448 g/mol. The molecule has 0 aromatic carbocycles. The zero-order valence-corrected chi connectivity index (χ0v) is 22.4. The Bertz CT molecular complexity index is 384. The molecule has 0 radical (unpaired) electrons. The Morgan fingerprint density at radius 1 is 0.438 bits per heavy atom. The standard InChI is InChI=1S/C31H60O/c1-3-5-6-7-8-9-10-11-12-13-14-15-16-17-18-19-20-21-22-23-24-25-26-27-28-29-31(4-2)30-32/h29-30H,3-28H2,1-2H3/b31-29+. The first-order valence-electron chi connectivity index (χ1n) is 15.0. The summed E-state index contributed by atoms with van der Waals surface area (Å²) in [5, 5.41) is 0. The second kappa shape index (κ2) is 28.4. The molecule has 0 atom stereocenters. The molecule has 0 saturated carbocycles. The Morgan fingerprint density at radius 2 is 0.719 bits per heavy atom. The van der Waals surface area contributed by atoms with Gasteiger partial charge >= 0.3 is 0 Å². The molecule has 190 valence electrons. The summed E-state index contributed by atoms with van der Waals surface area (Å²) in [6, 6.07) is 0. The van der Waals surface area contributed by atoms with Gasteiger partial charge in [0.2, 0.25) is 0 Å². The van der Waals surface area contributed by atoms with E-state index in [0.717, 1.165) is 24.7 Å². The number of carbonyl (C=O) groups excluding carboxylic acids is 1. The fourth-order valence-corrected chi connectivity index (χ4v) is 4.67. The van der Waals surface area contributed by atoms with Crippen molar-refractivity contribution in [3.05, 3.63) is 11.6 Å². The SMILES string of the molecule is CCCCCCCCCCCCCCCCCCCCCCCCCC/C=C(/C=O)CC. The number of unbranched alkanes of at least 4 members (excludes halogenated alkanes) is 24. The first-order chi connectivity index (χ1) is 15.8. The van der Waals surface area contributed by atoms with Gasteiger partial charge in [0.05, 0.1) is 0 Å². The minimum atomic E-state index is 0.878. The summed E-state index contributed by atoms with van der Waals surface area (Å²) in [5.74, 6) is 0. The van der Waals surface area contributed by atoms with Crippen LogP contribution in [0.5, 0.6) is 0 Å². The third-order valence-corrected chi connectivity index (χ3v) is 7.02. The molecule has 0 aliphatic carbocycles. The zero-order valence-electron chi connectivity index (χ0n) is 22.4. The van der Waals surface area contributed by atoms with E-state index < -0.39 is 0 Å². The number of aldehydes is 1. The highest BCUT2D eigenvalue weighted by atomic mass is 16.1. The predicted molar refractivity (Wildman–Crippen MR) is 146 cm³/mol. The van der Waals surface area contributed by atoms with Crippen LogP contribution in [0.15, 0.2) is 11.6 Å². The highest BCUT2D eigenvalue weighted by molar-refractivity contribution is 5.72. The second-order valence-electron chi connectivity index (χ2n) is 10.2. The summed E-state index contributed by atoms with van der Waals surface area (Å²) in [7, 11) is 0. The van der Waals surface area contributed by atoms with Crippen LogP contribution in [0.4, 0.5) is 0 Å². The van der Waals surface area contributed by atoms with Crippen LogP contribution in [-0.2, 0) is 4.79 Å². The van der Waals surface area contributed by atoms with E-state index in [1.807, 2.05) is 0 Å². The smallest absolute Gasteiger partial charge is 0.145 e. The lowest BCUT2D eigenvalue weighted by molar-refractivity contribution is -0.105. The van der Waals surface area contributed by atoms with Crippen molar-refractivity contribution in [1.29, 1.82) is 0 Å². The Balaban J connectivity index is 3.08. The molecule has 0 spiro atoms. The van der Waals surface area contributed by atoms with E-state index in [1.54, 1.807) is 0 Å². The van der Waals surface area contributed by atoms with Gasteiger partial charge in [0, 0.05) is 0 Å². The molecule has 0 aliphatic rings. The molecule has 0 unspecified atom stereocenters. The number of carbonyl (C=O) groups is 1. The van der Waals surface area contributed by atoms with E-state index in [4.69, 9.17) is 0 Å². The maximum atomic E-state index is 10.7. The molecule has 0 aromatic rings. The normalized spacial score (nSPS) is 11.9.